The molecule has 2 heteroatoms. The highest BCUT2D eigenvalue weighted by Crippen LogP contribution is 2.24. The SMILES string of the molecule is CSc1cccc(N2CCCC2)c1. The Hall–Kier alpha value is -0.630. The van der Waals surface area contributed by atoms with Crippen LogP contribution in [0.25, 0.3) is 0 Å². The smallest absolute Gasteiger partial charge is 0.0377 e. The van der Waals surface area contributed by atoms with Crippen molar-refractivity contribution in [2.45, 2.75) is 17.7 Å². The van der Waals surface area contributed by atoms with Gasteiger partial charge in [-0.3, -0.25) is 0 Å². The van der Waals surface area contributed by atoms with Gasteiger partial charge in [0.2, 0.25) is 0 Å². The van der Waals surface area contributed by atoms with Crippen LogP contribution in [0, 0.1) is 0 Å². The van der Waals surface area contributed by atoms with E-state index in [0.717, 1.165) is 0 Å². The van der Waals surface area contributed by atoms with E-state index in [9.17, 15) is 0 Å². The quantitative estimate of drug-likeness (QED) is 0.664. The molecule has 1 saturated heterocycles. The molecular weight excluding hydrogens is 178 g/mol. The van der Waals surface area contributed by atoms with Crippen molar-refractivity contribution in [1.82, 2.24) is 0 Å². The van der Waals surface area contributed by atoms with E-state index < -0.39 is 0 Å². The van der Waals surface area contributed by atoms with Crippen molar-refractivity contribution in [2.75, 3.05) is 24.2 Å². The molecule has 0 saturated carbocycles. The predicted molar refractivity (Wildman–Crippen MR) is 59.7 cm³/mol. The maximum Gasteiger partial charge on any atom is 0.0377 e. The highest BCUT2D eigenvalue weighted by atomic mass is 32.2. The molecule has 0 radical (unpaired) electrons. The maximum atomic E-state index is 2.47. The fourth-order valence-electron chi connectivity index (χ4n) is 1.78. The van der Waals surface area contributed by atoms with Crippen LogP contribution in [0.1, 0.15) is 12.8 Å². The summed E-state index contributed by atoms with van der Waals surface area (Å²) in [5.74, 6) is 0. The van der Waals surface area contributed by atoms with Gasteiger partial charge < -0.3 is 4.90 Å². The van der Waals surface area contributed by atoms with Crippen molar-refractivity contribution >= 4 is 17.4 Å². The molecule has 0 N–H and O–H groups in total. The summed E-state index contributed by atoms with van der Waals surface area (Å²) in [5.41, 5.74) is 1.39. The normalized spacial score (nSPS) is 16.5. The van der Waals surface area contributed by atoms with E-state index in [2.05, 4.69) is 35.4 Å². The van der Waals surface area contributed by atoms with Crippen molar-refractivity contribution in [3.8, 4) is 0 Å². The van der Waals surface area contributed by atoms with E-state index >= 15 is 0 Å². The molecule has 0 aliphatic carbocycles. The number of rotatable bonds is 2. The van der Waals surface area contributed by atoms with Crippen molar-refractivity contribution in [2.24, 2.45) is 0 Å². The Labute approximate surface area is 84.1 Å². The highest BCUT2D eigenvalue weighted by Gasteiger charge is 2.11. The van der Waals surface area contributed by atoms with E-state index in [1.807, 2.05) is 11.8 Å². The van der Waals surface area contributed by atoms with Crippen LogP contribution in [0.5, 0.6) is 0 Å². The van der Waals surface area contributed by atoms with E-state index in [1.165, 1.54) is 36.5 Å². The molecule has 1 aliphatic heterocycles. The lowest BCUT2D eigenvalue weighted by atomic mass is 10.3. The summed E-state index contributed by atoms with van der Waals surface area (Å²) in [6.07, 6.45) is 4.83. The van der Waals surface area contributed by atoms with Crippen LogP contribution in [0.2, 0.25) is 0 Å². The molecule has 13 heavy (non-hydrogen) atoms. The minimum absolute atomic E-state index is 1.23. The summed E-state index contributed by atoms with van der Waals surface area (Å²) in [6, 6.07) is 8.82. The molecule has 0 unspecified atom stereocenters. The summed E-state index contributed by atoms with van der Waals surface area (Å²) in [4.78, 5) is 3.84. The molecule has 1 nitrogen and oxygen atoms in total. The first kappa shape index (κ1) is 8.95. The second-order valence-corrected chi connectivity index (χ2v) is 4.28. The molecule has 2 rings (SSSR count). The molecule has 0 atom stereocenters. The van der Waals surface area contributed by atoms with Gasteiger partial charge in [0.05, 0.1) is 0 Å². The van der Waals surface area contributed by atoms with Crippen molar-refractivity contribution in [1.29, 1.82) is 0 Å². The molecule has 1 heterocycles. The first-order valence-electron chi connectivity index (χ1n) is 4.79. The van der Waals surface area contributed by atoms with Crippen LogP contribution in [-0.2, 0) is 0 Å². The molecule has 0 amide bonds. The third kappa shape index (κ3) is 1.99. The van der Waals surface area contributed by atoms with Crippen molar-refractivity contribution in [3.05, 3.63) is 24.3 Å². The minimum Gasteiger partial charge on any atom is -0.372 e. The van der Waals surface area contributed by atoms with Crippen molar-refractivity contribution < 1.29 is 0 Å². The third-order valence-electron chi connectivity index (χ3n) is 2.52. The molecule has 0 spiro atoms. The van der Waals surface area contributed by atoms with E-state index in [4.69, 9.17) is 0 Å². The van der Waals surface area contributed by atoms with Crippen molar-refractivity contribution in [3.63, 3.8) is 0 Å². The largest absolute Gasteiger partial charge is 0.372 e. The van der Waals surface area contributed by atoms with Gasteiger partial charge >= 0.3 is 0 Å². The summed E-state index contributed by atoms with van der Waals surface area (Å²) >= 11 is 1.82. The molecule has 1 aromatic carbocycles. The maximum absolute atomic E-state index is 2.47. The third-order valence-corrected chi connectivity index (χ3v) is 3.25. The van der Waals surface area contributed by atoms with Crippen LogP contribution >= 0.6 is 11.8 Å². The first-order valence-corrected chi connectivity index (χ1v) is 6.01. The monoisotopic (exact) mass is 193 g/mol. The van der Waals surface area contributed by atoms with Crippen LogP contribution in [-0.4, -0.2) is 19.3 Å². The Morgan fingerprint density at radius 1 is 1.23 bits per heavy atom. The second kappa shape index (κ2) is 4.05. The van der Waals surface area contributed by atoms with Crippen LogP contribution in [0.4, 0.5) is 5.69 Å². The standard InChI is InChI=1S/C11H15NS/c1-13-11-6-4-5-10(9-11)12-7-2-3-8-12/h4-6,9H,2-3,7-8H2,1H3. The molecule has 1 aromatic rings. The number of anilines is 1. The average Bonchev–Trinajstić information content (AvgIpc) is 2.71. The van der Waals surface area contributed by atoms with Crippen LogP contribution in [0.3, 0.4) is 0 Å². The van der Waals surface area contributed by atoms with Gasteiger partial charge in [-0.2, -0.15) is 0 Å². The molecule has 0 bridgehead atoms. The van der Waals surface area contributed by atoms with Gasteiger partial charge in [0.25, 0.3) is 0 Å². The number of benzene rings is 1. The van der Waals surface area contributed by atoms with Gasteiger partial charge in [-0.1, -0.05) is 6.07 Å². The zero-order valence-electron chi connectivity index (χ0n) is 7.99. The zero-order valence-corrected chi connectivity index (χ0v) is 8.81. The molecule has 70 valence electrons. The van der Waals surface area contributed by atoms with Gasteiger partial charge in [-0.05, 0) is 37.3 Å². The average molecular weight is 193 g/mol. The topological polar surface area (TPSA) is 3.24 Å². The molecular formula is C11H15NS. The Bertz CT molecular complexity index is 279. The number of hydrogen-bond acceptors (Lipinski definition) is 2. The highest BCUT2D eigenvalue weighted by molar-refractivity contribution is 7.98. The molecule has 1 fully saturated rings. The number of thioether (sulfide) groups is 1. The lowest BCUT2D eigenvalue weighted by Crippen LogP contribution is -2.17. The fraction of sp³-hybridized carbons (Fsp3) is 0.455. The lowest BCUT2D eigenvalue weighted by molar-refractivity contribution is 0.949. The fourth-order valence-corrected chi connectivity index (χ4v) is 2.24. The van der Waals surface area contributed by atoms with Gasteiger partial charge in [0.15, 0.2) is 0 Å². The summed E-state index contributed by atoms with van der Waals surface area (Å²) < 4.78 is 0. The Kier molecular flexibility index (Phi) is 2.79. The van der Waals surface area contributed by atoms with Gasteiger partial charge in [0.1, 0.15) is 0 Å². The van der Waals surface area contributed by atoms with Crippen LogP contribution in [0.15, 0.2) is 29.2 Å². The molecule has 1 aliphatic rings. The second-order valence-electron chi connectivity index (χ2n) is 3.40. The molecule has 0 aromatic heterocycles. The first-order chi connectivity index (χ1) is 6.40. The van der Waals surface area contributed by atoms with Gasteiger partial charge in [-0.25, -0.2) is 0 Å². The Morgan fingerprint density at radius 2 is 2.00 bits per heavy atom. The summed E-state index contributed by atoms with van der Waals surface area (Å²) in [6.45, 7) is 2.47. The van der Waals surface area contributed by atoms with E-state index in [-0.39, 0.29) is 0 Å². The number of nitrogens with zero attached hydrogens (tertiary/aromatic N) is 1. The lowest BCUT2D eigenvalue weighted by Gasteiger charge is -2.17. The summed E-state index contributed by atoms with van der Waals surface area (Å²) in [5, 5.41) is 0. The minimum atomic E-state index is 1.23. The Balaban J connectivity index is 2.18. The predicted octanol–water partition coefficient (Wildman–Crippen LogP) is 3.01. The van der Waals surface area contributed by atoms with Gasteiger partial charge in [-0.15, -0.1) is 11.8 Å². The van der Waals surface area contributed by atoms with Crippen LogP contribution < -0.4 is 4.90 Å². The van der Waals surface area contributed by atoms with Gasteiger partial charge in [0, 0.05) is 23.7 Å². The van der Waals surface area contributed by atoms with E-state index in [1.54, 1.807) is 0 Å². The zero-order chi connectivity index (χ0) is 9.10. The van der Waals surface area contributed by atoms with E-state index in [0.29, 0.717) is 0 Å². The summed E-state index contributed by atoms with van der Waals surface area (Å²) in [7, 11) is 0. The Morgan fingerprint density at radius 3 is 2.69 bits per heavy atom. The number of hydrogen-bond donors (Lipinski definition) is 0.